The second-order valence-corrected chi connectivity index (χ2v) is 7.20. The molecule has 2 rings (SSSR count). The average Bonchev–Trinajstić information content (AvgIpc) is 2.36. The van der Waals surface area contributed by atoms with Gasteiger partial charge in [-0.1, -0.05) is 34.1 Å². The Hall–Kier alpha value is -1.40. The third-order valence-corrected chi connectivity index (χ3v) is 4.37. The first kappa shape index (κ1) is 15.0. The Morgan fingerprint density at radius 2 is 1.80 bits per heavy atom. The van der Waals surface area contributed by atoms with Crippen molar-refractivity contribution in [1.82, 2.24) is 0 Å². The van der Waals surface area contributed by atoms with E-state index in [0.717, 1.165) is 16.3 Å². The van der Waals surface area contributed by atoms with Crippen molar-refractivity contribution < 1.29 is 12.8 Å². The quantitative estimate of drug-likeness (QED) is 0.838. The summed E-state index contributed by atoms with van der Waals surface area (Å²) in [7, 11) is -3.42. The summed E-state index contributed by atoms with van der Waals surface area (Å²) in [6.07, 6.45) is 1.15. The van der Waals surface area contributed by atoms with Gasteiger partial charge in [-0.25, -0.2) is 12.8 Å². The summed E-state index contributed by atoms with van der Waals surface area (Å²) >= 11 is 3.32. The molecule has 20 heavy (non-hydrogen) atoms. The first-order valence-electron chi connectivity index (χ1n) is 5.84. The van der Waals surface area contributed by atoms with Gasteiger partial charge in [0.2, 0.25) is 10.0 Å². The van der Waals surface area contributed by atoms with Crippen molar-refractivity contribution in [2.24, 2.45) is 0 Å². The van der Waals surface area contributed by atoms with E-state index in [1.54, 1.807) is 30.3 Å². The monoisotopic (exact) mass is 357 g/mol. The van der Waals surface area contributed by atoms with Gasteiger partial charge in [0.15, 0.2) is 0 Å². The lowest BCUT2D eigenvalue weighted by molar-refractivity contribution is 0.596. The van der Waals surface area contributed by atoms with E-state index in [1.807, 2.05) is 6.07 Å². The minimum Gasteiger partial charge on any atom is -0.266 e. The van der Waals surface area contributed by atoms with E-state index in [0.29, 0.717) is 5.69 Å². The molecule has 0 aromatic heterocycles. The predicted molar refractivity (Wildman–Crippen MR) is 81.6 cm³/mol. The van der Waals surface area contributed by atoms with Gasteiger partial charge in [-0.15, -0.1) is 0 Å². The molecule has 106 valence electrons. The van der Waals surface area contributed by atoms with E-state index in [2.05, 4.69) is 15.9 Å². The highest BCUT2D eigenvalue weighted by Gasteiger charge is 2.18. The number of sulfonamides is 1. The van der Waals surface area contributed by atoms with Crippen LogP contribution in [0, 0.1) is 5.82 Å². The van der Waals surface area contributed by atoms with Crippen LogP contribution in [0.5, 0.6) is 0 Å². The Morgan fingerprint density at radius 1 is 1.15 bits per heavy atom. The van der Waals surface area contributed by atoms with Gasteiger partial charge in [-0.05, 0) is 35.9 Å². The number of halogens is 2. The number of anilines is 1. The molecule has 0 N–H and O–H groups in total. The number of benzene rings is 2. The molecular weight excluding hydrogens is 345 g/mol. The Bertz CT molecular complexity index is 701. The second-order valence-electron chi connectivity index (χ2n) is 4.38. The molecular formula is C14H13BrFNO2S. The van der Waals surface area contributed by atoms with Crippen molar-refractivity contribution in [3.63, 3.8) is 0 Å². The summed E-state index contributed by atoms with van der Waals surface area (Å²) in [6.45, 7) is 0.162. The van der Waals surface area contributed by atoms with Gasteiger partial charge in [0.05, 0.1) is 18.5 Å². The predicted octanol–water partition coefficient (Wildman–Crippen LogP) is 3.55. The fourth-order valence-electron chi connectivity index (χ4n) is 1.79. The first-order valence-corrected chi connectivity index (χ1v) is 8.48. The van der Waals surface area contributed by atoms with Crippen LogP contribution >= 0.6 is 15.9 Å². The minimum atomic E-state index is -3.42. The van der Waals surface area contributed by atoms with E-state index in [4.69, 9.17) is 0 Å². The average molecular weight is 358 g/mol. The van der Waals surface area contributed by atoms with Crippen LogP contribution < -0.4 is 4.31 Å². The Balaban J connectivity index is 2.37. The van der Waals surface area contributed by atoms with E-state index < -0.39 is 10.0 Å². The molecule has 3 nitrogen and oxygen atoms in total. The summed E-state index contributed by atoms with van der Waals surface area (Å²) in [6, 6.07) is 12.8. The topological polar surface area (TPSA) is 37.4 Å². The standard InChI is InChI=1S/C14H13BrFNO2S/c1-20(18,19)17(14-4-2-3-12(15)9-14)10-11-5-7-13(16)8-6-11/h2-9H,10H2,1H3. The van der Waals surface area contributed by atoms with Crippen LogP contribution in [0.3, 0.4) is 0 Å². The van der Waals surface area contributed by atoms with Crippen molar-refractivity contribution >= 4 is 31.6 Å². The molecule has 0 unspecified atom stereocenters. The van der Waals surface area contributed by atoms with Crippen molar-refractivity contribution in [3.05, 3.63) is 64.4 Å². The summed E-state index contributed by atoms with van der Waals surface area (Å²) in [5.41, 5.74) is 1.28. The molecule has 6 heteroatoms. The zero-order chi connectivity index (χ0) is 14.8. The Morgan fingerprint density at radius 3 is 2.35 bits per heavy atom. The highest BCUT2D eigenvalue weighted by Crippen LogP contribution is 2.24. The van der Waals surface area contributed by atoms with Gasteiger partial charge in [0.25, 0.3) is 0 Å². The van der Waals surface area contributed by atoms with Crippen molar-refractivity contribution in [3.8, 4) is 0 Å². The maximum Gasteiger partial charge on any atom is 0.232 e. The molecule has 0 aliphatic carbocycles. The van der Waals surface area contributed by atoms with Crippen LogP contribution in [0.25, 0.3) is 0 Å². The van der Waals surface area contributed by atoms with Crippen molar-refractivity contribution in [1.29, 1.82) is 0 Å². The third-order valence-electron chi connectivity index (χ3n) is 2.74. The zero-order valence-corrected chi connectivity index (χ0v) is 13.2. The van der Waals surface area contributed by atoms with Gasteiger partial charge in [-0.2, -0.15) is 0 Å². The Labute approximate surface area is 126 Å². The molecule has 0 saturated carbocycles. The van der Waals surface area contributed by atoms with Crippen LogP contribution in [-0.2, 0) is 16.6 Å². The normalized spacial score (nSPS) is 11.3. The second kappa shape index (κ2) is 5.93. The highest BCUT2D eigenvalue weighted by molar-refractivity contribution is 9.10. The van der Waals surface area contributed by atoms with Crippen LogP contribution in [0.1, 0.15) is 5.56 Å². The number of hydrogen-bond acceptors (Lipinski definition) is 2. The molecule has 0 radical (unpaired) electrons. The minimum absolute atomic E-state index is 0.162. The smallest absolute Gasteiger partial charge is 0.232 e. The SMILES string of the molecule is CS(=O)(=O)N(Cc1ccc(F)cc1)c1cccc(Br)c1. The first-order chi connectivity index (χ1) is 9.36. The van der Waals surface area contributed by atoms with Crippen molar-refractivity contribution in [2.75, 3.05) is 10.6 Å². The fourth-order valence-corrected chi connectivity index (χ4v) is 3.05. The Kier molecular flexibility index (Phi) is 4.45. The van der Waals surface area contributed by atoms with Gasteiger partial charge in [0.1, 0.15) is 5.82 Å². The molecule has 2 aromatic rings. The lowest BCUT2D eigenvalue weighted by Crippen LogP contribution is -2.29. The summed E-state index contributed by atoms with van der Waals surface area (Å²) in [5, 5.41) is 0. The number of hydrogen-bond donors (Lipinski definition) is 0. The lowest BCUT2D eigenvalue weighted by Gasteiger charge is -2.22. The molecule has 0 heterocycles. The lowest BCUT2D eigenvalue weighted by atomic mass is 10.2. The van der Waals surface area contributed by atoms with Crippen molar-refractivity contribution in [2.45, 2.75) is 6.54 Å². The van der Waals surface area contributed by atoms with Crippen LogP contribution in [0.4, 0.5) is 10.1 Å². The van der Waals surface area contributed by atoms with E-state index in [1.165, 1.54) is 16.4 Å². The fraction of sp³-hybridized carbons (Fsp3) is 0.143. The maximum atomic E-state index is 12.9. The molecule has 0 saturated heterocycles. The maximum absolute atomic E-state index is 12.9. The molecule has 2 aromatic carbocycles. The molecule has 0 bridgehead atoms. The molecule has 0 amide bonds. The number of nitrogens with zero attached hydrogens (tertiary/aromatic N) is 1. The molecule has 0 aliphatic rings. The number of rotatable bonds is 4. The summed E-state index contributed by atoms with van der Waals surface area (Å²) in [5.74, 6) is -0.345. The van der Waals surface area contributed by atoms with Gasteiger partial charge in [-0.3, -0.25) is 4.31 Å². The van der Waals surface area contributed by atoms with E-state index in [9.17, 15) is 12.8 Å². The highest BCUT2D eigenvalue weighted by atomic mass is 79.9. The van der Waals surface area contributed by atoms with Gasteiger partial charge in [0, 0.05) is 4.47 Å². The van der Waals surface area contributed by atoms with E-state index in [-0.39, 0.29) is 12.4 Å². The van der Waals surface area contributed by atoms with Crippen LogP contribution in [0.2, 0.25) is 0 Å². The van der Waals surface area contributed by atoms with Gasteiger partial charge >= 0.3 is 0 Å². The molecule has 0 spiro atoms. The molecule has 0 fully saturated rings. The molecule has 0 aliphatic heterocycles. The summed E-state index contributed by atoms with van der Waals surface area (Å²) in [4.78, 5) is 0. The molecule has 0 atom stereocenters. The zero-order valence-electron chi connectivity index (χ0n) is 10.8. The van der Waals surface area contributed by atoms with Gasteiger partial charge < -0.3 is 0 Å². The largest absolute Gasteiger partial charge is 0.266 e. The van der Waals surface area contributed by atoms with Crippen LogP contribution in [0.15, 0.2) is 53.0 Å². The third kappa shape index (κ3) is 3.80. The summed E-state index contributed by atoms with van der Waals surface area (Å²) < 4.78 is 38.9. The van der Waals surface area contributed by atoms with E-state index >= 15 is 0 Å². The van der Waals surface area contributed by atoms with Crippen LogP contribution in [-0.4, -0.2) is 14.7 Å².